The molecule has 1 N–H and O–H groups in total. The van der Waals surface area contributed by atoms with E-state index in [0.717, 1.165) is 17.6 Å². The van der Waals surface area contributed by atoms with Crippen LogP contribution in [0.2, 0.25) is 0 Å². The van der Waals surface area contributed by atoms with Gasteiger partial charge in [0.15, 0.2) is 0 Å². The van der Waals surface area contributed by atoms with E-state index in [-0.39, 0.29) is 36.1 Å². The summed E-state index contributed by atoms with van der Waals surface area (Å²) >= 11 is 0. The minimum absolute atomic E-state index is 0.0655. The number of hydrogen-bond acceptors (Lipinski definition) is 6. The second-order valence-electron chi connectivity index (χ2n) is 8.28. The molecule has 6 heteroatoms. The van der Waals surface area contributed by atoms with E-state index in [1.165, 1.54) is 0 Å². The third kappa shape index (κ3) is 1.72. The standard InChI is InChI=1S/C18H24O6/c1-8(2)18-14(24-18)12-5-10-11(6-21-15(10)19)9(3)4-13-17(23-13,7-22-12)16(18)20/h8-9,12-14,16,20H,4-7H2,1-3H3/t9-,12?,13-,14-,16-,17+,18-/m0/s1. The molecular formula is C18H24O6. The number of rotatable bonds is 1. The third-order valence-corrected chi connectivity index (χ3v) is 6.78. The highest BCUT2D eigenvalue weighted by atomic mass is 16.7. The molecule has 1 unspecified atom stereocenters. The normalized spacial score (nSPS) is 52.4. The van der Waals surface area contributed by atoms with Gasteiger partial charge in [0, 0.05) is 12.0 Å². The van der Waals surface area contributed by atoms with Gasteiger partial charge < -0.3 is 24.1 Å². The largest absolute Gasteiger partial charge is 0.458 e. The van der Waals surface area contributed by atoms with E-state index in [2.05, 4.69) is 20.8 Å². The minimum Gasteiger partial charge on any atom is -0.458 e. The molecule has 0 aliphatic carbocycles. The highest BCUT2D eigenvalue weighted by Gasteiger charge is 2.78. The molecule has 6 nitrogen and oxygen atoms in total. The molecule has 0 saturated carbocycles. The maximum Gasteiger partial charge on any atom is 0.334 e. The zero-order valence-electron chi connectivity index (χ0n) is 14.3. The maximum absolute atomic E-state index is 12.2. The number of aliphatic hydroxyl groups is 1. The number of ether oxygens (including phenoxy) is 4. The van der Waals surface area contributed by atoms with Crippen molar-refractivity contribution in [3.63, 3.8) is 0 Å². The Balaban J connectivity index is 1.60. The first kappa shape index (κ1) is 15.3. The van der Waals surface area contributed by atoms with Gasteiger partial charge in [-0.15, -0.1) is 0 Å². The van der Waals surface area contributed by atoms with E-state index in [4.69, 9.17) is 18.9 Å². The van der Waals surface area contributed by atoms with E-state index in [1.54, 1.807) is 0 Å². The van der Waals surface area contributed by atoms with Crippen molar-refractivity contribution in [2.45, 2.75) is 69.2 Å². The fraction of sp³-hybridized carbons (Fsp3) is 0.833. The lowest BCUT2D eigenvalue weighted by Gasteiger charge is -2.27. The summed E-state index contributed by atoms with van der Waals surface area (Å²) in [5, 5.41) is 11.1. The van der Waals surface area contributed by atoms with Gasteiger partial charge in [0.25, 0.3) is 0 Å². The van der Waals surface area contributed by atoms with E-state index >= 15 is 0 Å². The van der Waals surface area contributed by atoms with Gasteiger partial charge >= 0.3 is 5.97 Å². The molecule has 5 heterocycles. The van der Waals surface area contributed by atoms with Gasteiger partial charge in [0.2, 0.25) is 0 Å². The molecule has 0 aromatic rings. The lowest BCUT2D eigenvalue weighted by atomic mass is 9.78. The number of epoxide rings is 2. The molecule has 0 amide bonds. The smallest absolute Gasteiger partial charge is 0.334 e. The fourth-order valence-corrected chi connectivity index (χ4v) is 5.12. The van der Waals surface area contributed by atoms with Crippen LogP contribution in [0.15, 0.2) is 11.1 Å². The minimum atomic E-state index is -0.697. The Morgan fingerprint density at radius 3 is 2.83 bits per heavy atom. The van der Waals surface area contributed by atoms with E-state index in [1.807, 2.05) is 0 Å². The second kappa shape index (κ2) is 4.61. The van der Waals surface area contributed by atoms with Gasteiger partial charge in [-0.25, -0.2) is 4.79 Å². The molecule has 5 aliphatic rings. The van der Waals surface area contributed by atoms with Crippen LogP contribution in [0.25, 0.3) is 0 Å². The van der Waals surface area contributed by atoms with Crippen molar-refractivity contribution in [1.82, 2.24) is 0 Å². The lowest BCUT2D eigenvalue weighted by Crippen LogP contribution is -2.49. The zero-order valence-corrected chi connectivity index (χ0v) is 14.3. The summed E-state index contributed by atoms with van der Waals surface area (Å²) < 4.78 is 23.5. The van der Waals surface area contributed by atoms with E-state index in [0.29, 0.717) is 19.6 Å². The Labute approximate surface area is 141 Å². The molecule has 3 fully saturated rings. The highest BCUT2D eigenvalue weighted by Crippen LogP contribution is 2.60. The van der Waals surface area contributed by atoms with Crippen LogP contribution in [0, 0.1) is 11.8 Å². The number of esters is 1. The third-order valence-electron chi connectivity index (χ3n) is 6.78. The fourth-order valence-electron chi connectivity index (χ4n) is 5.12. The van der Waals surface area contributed by atoms with Crippen LogP contribution in [0.3, 0.4) is 0 Å². The molecule has 132 valence electrons. The summed E-state index contributed by atoms with van der Waals surface area (Å²) in [6, 6.07) is 0. The average Bonchev–Trinajstić information content (AvgIpc) is 3.40. The topological polar surface area (TPSA) is 80.8 Å². The van der Waals surface area contributed by atoms with Crippen LogP contribution in [0.5, 0.6) is 0 Å². The quantitative estimate of drug-likeness (QED) is 0.567. The molecule has 3 saturated heterocycles. The second-order valence-corrected chi connectivity index (χ2v) is 8.28. The van der Waals surface area contributed by atoms with Crippen molar-refractivity contribution in [3.8, 4) is 0 Å². The molecule has 0 aromatic heterocycles. The average molecular weight is 336 g/mol. The highest BCUT2D eigenvalue weighted by molar-refractivity contribution is 5.92. The van der Waals surface area contributed by atoms with Gasteiger partial charge in [0.05, 0.1) is 18.8 Å². The van der Waals surface area contributed by atoms with Crippen LogP contribution in [0.4, 0.5) is 0 Å². The van der Waals surface area contributed by atoms with E-state index in [9.17, 15) is 9.90 Å². The molecule has 0 radical (unpaired) electrons. The predicted molar refractivity (Wildman–Crippen MR) is 82.2 cm³/mol. The number of fused-ring (bicyclic) bond motifs is 4. The van der Waals surface area contributed by atoms with Crippen molar-refractivity contribution >= 4 is 5.97 Å². The molecule has 7 atom stereocenters. The molecule has 24 heavy (non-hydrogen) atoms. The summed E-state index contributed by atoms with van der Waals surface area (Å²) in [6.45, 7) is 6.97. The van der Waals surface area contributed by atoms with Gasteiger partial charge in [-0.05, 0) is 23.8 Å². The number of carbonyl (C=O) groups excluding carboxylic acids is 1. The summed E-state index contributed by atoms with van der Waals surface area (Å²) in [7, 11) is 0. The zero-order chi connectivity index (χ0) is 16.9. The van der Waals surface area contributed by atoms with Crippen LogP contribution >= 0.6 is 0 Å². The molecule has 5 rings (SSSR count). The van der Waals surface area contributed by atoms with E-state index < -0.39 is 17.3 Å². The Morgan fingerprint density at radius 2 is 2.08 bits per heavy atom. The summed E-state index contributed by atoms with van der Waals surface area (Å²) in [5.41, 5.74) is 0.508. The molecular weight excluding hydrogens is 312 g/mol. The Hall–Kier alpha value is -0.950. The molecule has 0 aromatic carbocycles. The molecule has 1 spiro atoms. The van der Waals surface area contributed by atoms with Crippen molar-refractivity contribution in [2.24, 2.45) is 11.8 Å². The monoisotopic (exact) mass is 336 g/mol. The number of cyclic esters (lactones) is 1. The Kier molecular flexibility index (Phi) is 2.94. The number of carbonyl (C=O) groups is 1. The van der Waals surface area contributed by atoms with Gasteiger partial charge in [0.1, 0.15) is 30.0 Å². The Morgan fingerprint density at radius 1 is 1.29 bits per heavy atom. The van der Waals surface area contributed by atoms with Crippen molar-refractivity contribution in [1.29, 1.82) is 0 Å². The molecule has 5 aliphatic heterocycles. The van der Waals surface area contributed by atoms with Crippen molar-refractivity contribution in [2.75, 3.05) is 13.2 Å². The van der Waals surface area contributed by atoms with Crippen molar-refractivity contribution < 1.29 is 28.8 Å². The molecule has 2 bridgehead atoms. The van der Waals surface area contributed by atoms with Crippen LogP contribution in [-0.2, 0) is 23.7 Å². The Bertz CT molecular complexity index is 641. The first-order chi connectivity index (χ1) is 11.4. The van der Waals surface area contributed by atoms with Crippen LogP contribution < -0.4 is 0 Å². The first-order valence-electron chi connectivity index (χ1n) is 8.94. The number of aliphatic hydroxyl groups excluding tert-OH is 1. The van der Waals surface area contributed by atoms with Crippen molar-refractivity contribution in [3.05, 3.63) is 11.1 Å². The summed E-state index contributed by atoms with van der Waals surface area (Å²) in [6.07, 6.45) is 0.0470. The summed E-state index contributed by atoms with van der Waals surface area (Å²) in [5.74, 6) is 0.116. The first-order valence-corrected chi connectivity index (χ1v) is 8.94. The van der Waals surface area contributed by atoms with Gasteiger partial charge in [-0.2, -0.15) is 0 Å². The van der Waals surface area contributed by atoms with Gasteiger partial charge in [-0.3, -0.25) is 0 Å². The number of hydrogen-bond donors (Lipinski definition) is 1. The maximum atomic E-state index is 12.2. The van der Waals surface area contributed by atoms with Crippen LogP contribution in [0.1, 0.15) is 33.6 Å². The summed E-state index contributed by atoms with van der Waals surface area (Å²) in [4.78, 5) is 12.2. The predicted octanol–water partition coefficient (Wildman–Crippen LogP) is 0.961. The SMILES string of the molecule is CC(C)[C@]12O[C@H]1C1CC3=C(COC3=O)[C@@H](C)C[C@@H]3O[C@@]3(CO1)[C@@H]2O. The van der Waals surface area contributed by atoms with Crippen LogP contribution in [-0.4, -0.2) is 59.9 Å². The lowest BCUT2D eigenvalue weighted by molar-refractivity contribution is -0.136. The van der Waals surface area contributed by atoms with Gasteiger partial charge in [-0.1, -0.05) is 20.8 Å².